The zero-order valence-electron chi connectivity index (χ0n) is 12.1. The van der Waals surface area contributed by atoms with Gasteiger partial charge in [-0.15, -0.1) is 0 Å². The Morgan fingerprint density at radius 2 is 2.35 bits per heavy atom. The number of rotatable bonds is 4. The average molecular weight is 279 g/mol. The highest BCUT2D eigenvalue weighted by Gasteiger charge is 2.39. The topological polar surface area (TPSA) is 74.7 Å². The maximum absolute atomic E-state index is 11.7. The van der Waals surface area contributed by atoms with Crippen LogP contribution >= 0.6 is 0 Å². The number of carbonyl (C=O) groups is 1. The Balaban J connectivity index is 1.96. The number of nitrogens with zero attached hydrogens (tertiary/aromatic N) is 2. The third kappa shape index (κ3) is 3.08. The van der Waals surface area contributed by atoms with Crippen molar-refractivity contribution in [1.82, 2.24) is 9.88 Å². The molecule has 1 aromatic rings. The van der Waals surface area contributed by atoms with E-state index in [1.807, 2.05) is 6.92 Å². The summed E-state index contributed by atoms with van der Waals surface area (Å²) in [6.07, 6.45) is 1.95. The Morgan fingerprint density at radius 3 is 2.85 bits per heavy atom. The molecular formula is C14H21N3O3. The zero-order valence-corrected chi connectivity index (χ0v) is 12.1. The molecule has 1 aliphatic rings. The van der Waals surface area contributed by atoms with Gasteiger partial charge in [0.2, 0.25) is 0 Å². The van der Waals surface area contributed by atoms with Gasteiger partial charge in [-0.2, -0.15) is 0 Å². The van der Waals surface area contributed by atoms with Gasteiger partial charge in [-0.1, -0.05) is 0 Å². The molecule has 0 spiro atoms. The molecule has 0 aromatic carbocycles. The predicted molar refractivity (Wildman–Crippen MR) is 75.7 cm³/mol. The van der Waals surface area contributed by atoms with Crippen LogP contribution in [0.4, 0.5) is 5.82 Å². The van der Waals surface area contributed by atoms with Gasteiger partial charge in [0.25, 0.3) is 5.91 Å². The standard InChI is InChI=1S/C14H21N3O3/c1-10-14(19,6-7-20-10)9-16-12-5-4-11(8-15-12)13(18)17(2)3/h4-5,8,10,19H,6-7,9H2,1-3H3,(H,15,16). The van der Waals surface area contributed by atoms with Crippen molar-refractivity contribution in [2.24, 2.45) is 0 Å². The smallest absolute Gasteiger partial charge is 0.254 e. The van der Waals surface area contributed by atoms with Crippen molar-refractivity contribution < 1.29 is 14.6 Å². The molecule has 110 valence electrons. The fourth-order valence-electron chi connectivity index (χ4n) is 2.13. The summed E-state index contributed by atoms with van der Waals surface area (Å²) in [5.41, 5.74) is -0.323. The van der Waals surface area contributed by atoms with Crippen LogP contribution in [-0.4, -0.2) is 59.8 Å². The summed E-state index contributed by atoms with van der Waals surface area (Å²) >= 11 is 0. The number of aliphatic hydroxyl groups is 1. The van der Waals surface area contributed by atoms with Crippen molar-refractivity contribution in [2.75, 3.05) is 32.6 Å². The van der Waals surface area contributed by atoms with Crippen LogP contribution in [0.25, 0.3) is 0 Å². The summed E-state index contributed by atoms with van der Waals surface area (Å²) in [6, 6.07) is 3.46. The molecule has 2 rings (SSSR count). The molecule has 1 fully saturated rings. The molecule has 1 aliphatic heterocycles. The Bertz CT molecular complexity index is 475. The van der Waals surface area contributed by atoms with Gasteiger partial charge < -0.3 is 20.1 Å². The van der Waals surface area contributed by atoms with Crippen LogP contribution in [0, 0.1) is 0 Å². The first-order chi connectivity index (χ1) is 9.42. The van der Waals surface area contributed by atoms with Gasteiger partial charge in [-0.05, 0) is 19.1 Å². The van der Waals surface area contributed by atoms with Gasteiger partial charge >= 0.3 is 0 Å². The number of hydrogen-bond acceptors (Lipinski definition) is 5. The van der Waals surface area contributed by atoms with E-state index in [2.05, 4.69) is 10.3 Å². The molecule has 0 bridgehead atoms. The second kappa shape index (κ2) is 5.76. The maximum atomic E-state index is 11.7. The van der Waals surface area contributed by atoms with Crippen LogP contribution in [-0.2, 0) is 4.74 Å². The van der Waals surface area contributed by atoms with Crippen molar-refractivity contribution in [1.29, 1.82) is 0 Å². The normalized spacial score (nSPS) is 25.5. The molecule has 1 amide bonds. The largest absolute Gasteiger partial charge is 0.385 e. The van der Waals surface area contributed by atoms with Crippen LogP contribution in [0.5, 0.6) is 0 Å². The molecule has 6 heteroatoms. The van der Waals surface area contributed by atoms with Crippen LogP contribution < -0.4 is 5.32 Å². The quantitative estimate of drug-likeness (QED) is 0.850. The van der Waals surface area contributed by atoms with E-state index in [1.54, 1.807) is 26.2 Å². The van der Waals surface area contributed by atoms with E-state index in [0.29, 0.717) is 31.0 Å². The summed E-state index contributed by atoms with van der Waals surface area (Å²) in [5.74, 6) is 0.549. The number of ether oxygens (including phenoxy) is 1. The Kier molecular flexibility index (Phi) is 4.25. The monoisotopic (exact) mass is 279 g/mol. The average Bonchev–Trinajstić information content (AvgIpc) is 2.76. The van der Waals surface area contributed by atoms with Gasteiger partial charge in [0.15, 0.2) is 0 Å². The number of carbonyl (C=O) groups excluding carboxylic acids is 1. The van der Waals surface area contributed by atoms with Crippen LogP contribution in [0.15, 0.2) is 18.3 Å². The van der Waals surface area contributed by atoms with Gasteiger partial charge in [0, 0.05) is 39.9 Å². The summed E-state index contributed by atoms with van der Waals surface area (Å²) in [6.45, 7) is 2.81. The third-order valence-electron chi connectivity index (χ3n) is 3.65. The van der Waals surface area contributed by atoms with Crippen molar-refractivity contribution in [3.8, 4) is 0 Å². The second-order valence-electron chi connectivity index (χ2n) is 5.35. The number of aromatic nitrogens is 1. The minimum atomic E-state index is -0.861. The zero-order chi connectivity index (χ0) is 14.8. The van der Waals surface area contributed by atoms with Crippen molar-refractivity contribution in [3.05, 3.63) is 23.9 Å². The predicted octanol–water partition coefficient (Wildman–Crippen LogP) is 0.735. The Hall–Kier alpha value is -1.66. The van der Waals surface area contributed by atoms with Crippen molar-refractivity contribution in [3.63, 3.8) is 0 Å². The molecule has 20 heavy (non-hydrogen) atoms. The van der Waals surface area contributed by atoms with Crippen LogP contribution in [0.3, 0.4) is 0 Å². The van der Waals surface area contributed by atoms with Crippen LogP contribution in [0.2, 0.25) is 0 Å². The summed E-state index contributed by atoms with van der Waals surface area (Å²) in [7, 11) is 3.40. The molecule has 2 N–H and O–H groups in total. The highest BCUT2D eigenvalue weighted by atomic mass is 16.5. The lowest BCUT2D eigenvalue weighted by Crippen LogP contribution is -2.43. The van der Waals surface area contributed by atoms with E-state index >= 15 is 0 Å². The molecule has 0 radical (unpaired) electrons. The molecule has 2 atom stereocenters. The lowest BCUT2D eigenvalue weighted by atomic mass is 9.97. The molecule has 1 aromatic heterocycles. The number of amides is 1. The fourth-order valence-corrected chi connectivity index (χ4v) is 2.13. The Morgan fingerprint density at radius 1 is 1.60 bits per heavy atom. The molecule has 0 aliphatic carbocycles. The second-order valence-corrected chi connectivity index (χ2v) is 5.35. The number of pyridine rings is 1. The van der Waals surface area contributed by atoms with Crippen molar-refractivity contribution >= 4 is 11.7 Å². The summed E-state index contributed by atoms with van der Waals surface area (Å²) in [5, 5.41) is 13.4. The number of hydrogen-bond donors (Lipinski definition) is 2. The van der Waals surface area contributed by atoms with E-state index in [-0.39, 0.29) is 12.0 Å². The van der Waals surface area contributed by atoms with Gasteiger partial charge in [-0.3, -0.25) is 4.79 Å². The van der Waals surface area contributed by atoms with E-state index < -0.39 is 5.60 Å². The SMILES string of the molecule is CC1OCCC1(O)CNc1ccc(C(=O)N(C)C)cn1. The minimum absolute atomic E-state index is 0.0829. The van der Waals surface area contributed by atoms with Crippen LogP contribution in [0.1, 0.15) is 23.7 Å². The molecule has 2 heterocycles. The third-order valence-corrected chi connectivity index (χ3v) is 3.65. The lowest BCUT2D eigenvalue weighted by molar-refractivity contribution is -0.0176. The van der Waals surface area contributed by atoms with Gasteiger partial charge in [0.1, 0.15) is 11.4 Å². The maximum Gasteiger partial charge on any atom is 0.254 e. The fraction of sp³-hybridized carbons (Fsp3) is 0.571. The highest BCUT2D eigenvalue weighted by Crippen LogP contribution is 2.25. The molecule has 2 unspecified atom stereocenters. The summed E-state index contributed by atoms with van der Waals surface area (Å²) < 4.78 is 5.37. The van der Waals surface area contributed by atoms with Gasteiger partial charge in [0.05, 0.1) is 11.7 Å². The molecule has 1 saturated heterocycles. The van der Waals surface area contributed by atoms with E-state index in [0.717, 1.165) is 0 Å². The highest BCUT2D eigenvalue weighted by molar-refractivity contribution is 5.93. The minimum Gasteiger partial charge on any atom is -0.385 e. The van der Waals surface area contributed by atoms with Gasteiger partial charge in [-0.25, -0.2) is 4.98 Å². The number of nitrogens with one attached hydrogen (secondary N) is 1. The molecule has 6 nitrogen and oxygen atoms in total. The van der Waals surface area contributed by atoms with E-state index in [4.69, 9.17) is 4.74 Å². The lowest BCUT2D eigenvalue weighted by Gasteiger charge is -2.26. The first-order valence-corrected chi connectivity index (χ1v) is 6.68. The first-order valence-electron chi connectivity index (χ1n) is 6.68. The molecular weight excluding hydrogens is 258 g/mol. The van der Waals surface area contributed by atoms with E-state index in [1.165, 1.54) is 11.1 Å². The van der Waals surface area contributed by atoms with Crippen molar-refractivity contribution in [2.45, 2.75) is 25.0 Å². The van der Waals surface area contributed by atoms with E-state index in [9.17, 15) is 9.90 Å². The Labute approximate surface area is 118 Å². The number of anilines is 1. The first kappa shape index (κ1) is 14.7. The summed E-state index contributed by atoms with van der Waals surface area (Å²) in [4.78, 5) is 17.4. The molecule has 0 saturated carbocycles.